The van der Waals surface area contributed by atoms with Gasteiger partial charge >= 0.3 is 0 Å². The van der Waals surface area contributed by atoms with Crippen LogP contribution in [0, 0.1) is 0 Å². The van der Waals surface area contributed by atoms with Gasteiger partial charge < -0.3 is 0 Å². The molecule has 7 heteroatoms. The molecule has 5 heterocycles. The number of rotatable bonds is 4. The Hall–Kier alpha value is -1.64. The average molecular weight is 415 g/mol. The number of aromatic nitrogens is 2. The van der Waals surface area contributed by atoms with E-state index in [0.717, 1.165) is 10.0 Å². The van der Waals surface area contributed by atoms with Gasteiger partial charge in [0.1, 0.15) is 10.0 Å². The van der Waals surface area contributed by atoms with E-state index in [1.807, 2.05) is 34.5 Å². The van der Waals surface area contributed by atoms with E-state index in [0.29, 0.717) is 0 Å². The Labute approximate surface area is 164 Å². The highest BCUT2D eigenvalue weighted by atomic mass is 32.1. The van der Waals surface area contributed by atoms with Gasteiger partial charge in [-0.1, -0.05) is 12.1 Å². The zero-order chi connectivity index (χ0) is 16.6. The van der Waals surface area contributed by atoms with Crippen molar-refractivity contribution in [3.05, 3.63) is 58.2 Å². The highest BCUT2D eigenvalue weighted by Gasteiger charge is 2.26. The van der Waals surface area contributed by atoms with E-state index in [9.17, 15) is 0 Å². The van der Waals surface area contributed by atoms with Crippen LogP contribution < -0.4 is 0 Å². The minimum absolute atomic E-state index is 1.08. The molecule has 122 valence electrons. The number of hydrogen-bond donors (Lipinski definition) is 0. The molecule has 5 aromatic heterocycles. The summed E-state index contributed by atoms with van der Waals surface area (Å²) in [4.78, 5) is 14.2. The predicted octanol–water partition coefficient (Wildman–Crippen LogP) is 7.45. The van der Waals surface area contributed by atoms with Crippen molar-refractivity contribution < 1.29 is 0 Å². The van der Waals surface area contributed by atoms with E-state index in [1.165, 1.54) is 30.6 Å². The molecule has 0 aliphatic carbocycles. The molecule has 0 radical (unpaired) electrons. The van der Waals surface area contributed by atoms with E-state index < -0.39 is 0 Å². The van der Waals surface area contributed by atoms with Crippen LogP contribution in [0.15, 0.2) is 58.2 Å². The summed E-state index contributed by atoms with van der Waals surface area (Å²) < 4.78 is 0. The first-order chi connectivity index (χ1) is 12.4. The van der Waals surface area contributed by atoms with E-state index in [4.69, 9.17) is 0 Å². The summed E-state index contributed by atoms with van der Waals surface area (Å²) in [5.41, 5.74) is 2.59. The third-order valence-electron chi connectivity index (χ3n) is 3.70. The first kappa shape index (κ1) is 15.6. The first-order valence-corrected chi connectivity index (χ1v) is 11.8. The third kappa shape index (κ3) is 2.72. The summed E-state index contributed by atoms with van der Waals surface area (Å²) in [6.07, 6.45) is 3.76. The van der Waals surface area contributed by atoms with E-state index in [2.05, 4.69) is 45.0 Å². The molecule has 0 bridgehead atoms. The Balaban J connectivity index is 1.88. The van der Waals surface area contributed by atoms with Crippen LogP contribution in [0.2, 0.25) is 0 Å². The summed E-state index contributed by atoms with van der Waals surface area (Å²) >= 11 is 8.76. The van der Waals surface area contributed by atoms with Crippen molar-refractivity contribution >= 4 is 56.7 Å². The SMILES string of the molecule is c1csc(-c2c(-c3nccs3)sc(-c3nccs3)c2-c2cccs2)c1. The maximum Gasteiger partial charge on any atom is 0.133 e. The molecular weight excluding hydrogens is 405 g/mol. The molecule has 0 spiro atoms. The van der Waals surface area contributed by atoms with Crippen LogP contribution in [0.3, 0.4) is 0 Å². The molecule has 5 aromatic rings. The minimum atomic E-state index is 1.08. The van der Waals surface area contributed by atoms with Crippen LogP contribution in [0.4, 0.5) is 0 Å². The molecule has 0 aromatic carbocycles. The van der Waals surface area contributed by atoms with Gasteiger partial charge in [0.25, 0.3) is 0 Å². The molecule has 0 atom stereocenters. The largest absolute Gasteiger partial charge is 0.244 e. The predicted molar refractivity (Wildman–Crippen MR) is 113 cm³/mol. The van der Waals surface area contributed by atoms with Gasteiger partial charge in [0, 0.05) is 44.0 Å². The van der Waals surface area contributed by atoms with E-state index in [1.54, 1.807) is 45.3 Å². The summed E-state index contributed by atoms with van der Waals surface area (Å²) in [5, 5.41) is 10.5. The second kappa shape index (κ2) is 6.59. The third-order valence-corrected chi connectivity index (χ3v) is 8.51. The van der Waals surface area contributed by atoms with Crippen LogP contribution in [-0.4, -0.2) is 9.97 Å². The molecule has 0 N–H and O–H groups in total. The monoisotopic (exact) mass is 414 g/mol. The second-order valence-corrected chi connectivity index (χ2v) is 9.84. The molecule has 0 amide bonds. The lowest BCUT2D eigenvalue weighted by molar-refractivity contribution is 1.43. The Kier molecular flexibility index (Phi) is 4.11. The lowest BCUT2D eigenvalue weighted by Crippen LogP contribution is -1.80. The highest BCUT2D eigenvalue weighted by molar-refractivity contribution is 7.27. The molecule has 5 rings (SSSR count). The summed E-state index contributed by atoms with van der Waals surface area (Å²) in [6.45, 7) is 0. The van der Waals surface area contributed by atoms with Crippen molar-refractivity contribution in [1.29, 1.82) is 0 Å². The van der Waals surface area contributed by atoms with Gasteiger partial charge in [0.15, 0.2) is 0 Å². The van der Waals surface area contributed by atoms with Crippen molar-refractivity contribution in [3.63, 3.8) is 0 Å². The fraction of sp³-hybridized carbons (Fsp3) is 0. The van der Waals surface area contributed by atoms with Crippen LogP contribution in [0.1, 0.15) is 0 Å². The fourth-order valence-electron chi connectivity index (χ4n) is 2.72. The van der Waals surface area contributed by atoms with Crippen molar-refractivity contribution in [2.24, 2.45) is 0 Å². The summed E-state index contributed by atoms with van der Waals surface area (Å²) in [7, 11) is 0. The van der Waals surface area contributed by atoms with Gasteiger partial charge in [-0.25, -0.2) is 9.97 Å². The van der Waals surface area contributed by atoms with Gasteiger partial charge in [-0.3, -0.25) is 0 Å². The first-order valence-electron chi connectivity index (χ1n) is 7.46. The number of nitrogens with zero attached hydrogens (tertiary/aromatic N) is 2. The summed E-state index contributed by atoms with van der Waals surface area (Å²) in [6, 6.07) is 8.63. The maximum absolute atomic E-state index is 4.59. The Morgan fingerprint density at radius 3 is 1.48 bits per heavy atom. The van der Waals surface area contributed by atoms with Crippen molar-refractivity contribution in [3.8, 4) is 40.7 Å². The quantitative estimate of drug-likeness (QED) is 0.305. The normalized spacial score (nSPS) is 11.2. The standard InChI is InChI=1S/C18H10N2S5/c1-3-11(21-7-1)13-14(12-4-2-8-22-12)16(18-20-6-10-24-18)25-15(13)17-19-5-9-23-17/h1-10H. The zero-order valence-corrected chi connectivity index (χ0v) is 16.8. The highest BCUT2D eigenvalue weighted by Crippen LogP contribution is 2.54. The van der Waals surface area contributed by atoms with Crippen molar-refractivity contribution in [1.82, 2.24) is 9.97 Å². The van der Waals surface area contributed by atoms with E-state index >= 15 is 0 Å². The van der Waals surface area contributed by atoms with Gasteiger partial charge in [-0.05, 0) is 22.9 Å². The van der Waals surface area contributed by atoms with Gasteiger partial charge in [-0.2, -0.15) is 0 Å². The van der Waals surface area contributed by atoms with Crippen LogP contribution >= 0.6 is 56.7 Å². The van der Waals surface area contributed by atoms with Crippen molar-refractivity contribution in [2.45, 2.75) is 0 Å². The van der Waals surface area contributed by atoms with Crippen LogP contribution in [-0.2, 0) is 0 Å². The van der Waals surface area contributed by atoms with Crippen molar-refractivity contribution in [2.75, 3.05) is 0 Å². The number of thiazole rings is 2. The smallest absolute Gasteiger partial charge is 0.133 e. The molecule has 0 saturated heterocycles. The lowest BCUT2D eigenvalue weighted by atomic mass is 10.1. The molecule has 2 nitrogen and oxygen atoms in total. The fourth-order valence-corrected chi connectivity index (χ4v) is 7.22. The van der Waals surface area contributed by atoms with Gasteiger partial charge in [-0.15, -0.1) is 56.7 Å². The van der Waals surface area contributed by atoms with Crippen LogP contribution in [0.25, 0.3) is 40.7 Å². The van der Waals surface area contributed by atoms with Crippen LogP contribution in [0.5, 0.6) is 0 Å². The Bertz CT molecular complexity index is 982. The molecule has 0 aliphatic heterocycles. The molecule has 0 aliphatic rings. The van der Waals surface area contributed by atoms with Gasteiger partial charge in [0.2, 0.25) is 0 Å². The summed E-state index contributed by atoms with van der Waals surface area (Å²) in [5.74, 6) is 0. The number of thiophene rings is 3. The lowest BCUT2D eigenvalue weighted by Gasteiger charge is -2.04. The number of hydrogen-bond acceptors (Lipinski definition) is 7. The topological polar surface area (TPSA) is 25.8 Å². The molecule has 0 fully saturated rings. The van der Waals surface area contributed by atoms with Gasteiger partial charge in [0.05, 0.1) is 9.75 Å². The zero-order valence-electron chi connectivity index (χ0n) is 12.7. The van der Waals surface area contributed by atoms with E-state index in [-0.39, 0.29) is 0 Å². The Morgan fingerprint density at radius 2 is 1.12 bits per heavy atom. The maximum atomic E-state index is 4.59. The second-order valence-electron chi connectivity index (χ2n) is 5.14. The molecular formula is C18H10N2S5. The Morgan fingerprint density at radius 1 is 0.600 bits per heavy atom. The average Bonchev–Trinajstić information content (AvgIpc) is 3.48. The molecule has 0 saturated carbocycles. The molecule has 25 heavy (non-hydrogen) atoms. The molecule has 0 unspecified atom stereocenters. The minimum Gasteiger partial charge on any atom is -0.244 e.